The molecule has 1 unspecified atom stereocenters. The number of allylic oxidation sites excluding steroid dienone is 1. The Balaban J connectivity index is 1.83. The molecule has 0 radical (unpaired) electrons. The van der Waals surface area contributed by atoms with E-state index in [4.69, 9.17) is 0 Å². The van der Waals surface area contributed by atoms with Crippen LogP contribution in [0.25, 0.3) is 21.9 Å². The molecule has 1 atom stereocenters. The maximum Gasteiger partial charge on any atom is 0.0361 e. The molecule has 0 amide bonds. The van der Waals surface area contributed by atoms with Gasteiger partial charge in [0, 0.05) is 5.92 Å². The van der Waals surface area contributed by atoms with E-state index in [-0.39, 0.29) is 5.92 Å². The fourth-order valence-corrected chi connectivity index (χ4v) is 5.63. The fraction of sp³-hybridized carbons (Fsp3) is 0.0909. The lowest BCUT2D eigenvalue weighted by atomic mass is 9.81. The molecule has 0 bridgehead atoms. The Labute approximate surface area is 195 Å². The smallest absolute Gasteiger partial charge is 0.0361 e. The molecule has 1 aliphatic rings. The maximum absolute atomic E-state index is 2.31. The molecule has 6 rings (SSSR count). The standard InChI is InChI=1S/C33H26/c1-22-23(2)29-30(24-14-6-3-7-15-24)31(25-16-8-4-9-17-25)32(26-18-10-5-11-19-26)33(29)28-21-13-12-20-27(22)28/h3-21,30H,1-2H3. The molecule has 0 aliphatic heterocycles. The molecule has 5 aromatic rings. The molecule has 0 saturated carbocycles. The summed E-state index contributed by atoms with van der Waals surface area (Å²) in [5, 5.41) is 2.70. The van der Waals surface area contributed by atoms with Crippen LogP contribution >= 0.6 is 0 Å². The Kier molecular flexibility index (Phi) is 4.73. The first-order valence-electron chi connectivity index (χ1n) is 11.7. The topological polar surface area (TPSA) is 0 Å². The lowest BCUT2D eigenvalue weighted by molar-refractivity contribution is 1.04. The zero-order chi connectivity index (χ0) is 22.4. The molecule has 0 saturated heterocycles. The van der Waals surface area contributed by atoms with Crippen molar-refractivity contribution in [1.29, 1.82) is 0 Å². The van der Waals surface area contributed by atoms with Crippen molar-refractivity contribution < 1.29 is 0 Å². The first kappa shape index (κ1) is 19.8. The quantitative estimate of drug-likeness (QED) is 0.273. The Hall–Kier alpha value is -3.90. The van der Waals surface area contributed by atoms with Crippen molar-refractivity contribution in [2.24, 2.45) is 0 Å². The van der Waals surface area contributed by atoms with Crippen LogP contribution in [0, 0.1) is 13.8 Å². The maximum atomic E-state index is 2.31. The summed E-state index contributed by atoms with van der Waals surface area (Å²) in [6, 6.07) is 41.9. The van der Waals surface area contributed by atoms with Gasteiger partial charge < -0.3 is 0 Å². The van der Waals surface area contributed by atoms with Gasteiger partial charge in [-0.1, -0.05) is 115 Å². The number of benzene rings is 5. The van der Waals surface area contributed by atoms with E-state index in [0.717, 1.165) is 0 Å². The number of aryl methyl sites for hydroxylation is 1. The molecule has 158 valence electrons. The predicted molar refractivity (Wildman–Crippen MR) is 141 cm³/mol. The van der Waals surface area contributed by atoms with Crippen LogP contribution in [0.3, 0.4) is 0 Å². The lowest BCUT2D eigenvalue weighted by Gasteiger charge is -2.22. The third-order valence-electron chi connectivity index (χ3n) is 7.21. The number of rotatable bonds is 3. The van der Waals surface area contributed by atoms with Crippen molar-refractivity contribution in [3.8, 4) is 0 Å². The van der Waals surface area contributed by atoms with E-state index >= 15 is 0 Å². The average molecular weight is 423 g/mol. The Bertz CT molecular complexity index is 1490. The van der Waals surface area contributed by atoms with E-state index in [1.54, 1.807) is 0 Å². The Morgan fingerprint density at radius 1 is 0.485 bits per heavy atom. The normalized spacial score (nSPS) is 15.2. The minimum absolute atomic E-state index is 0.196. The van der Waals surface area contributed by atoms with Crippen molar-refractivity contribution in [3.05, 3.63) is 154 Å². The van der Waals surface area contributed by atoms with Crippen molar-refractivity contribution in [1.82, 2.24) is 0 Å². The number of fused-ring (bicyclic) bond motifs is 3. The molecule has 1 aliphatic carbocycles. The molecule has 0 heteroatoms. The summed E-state index contributed by atoms with van der Waals surface area (Å²) < 4.78 is 0. The third-order valence-corrected chi connectivity index (χ3v) is 7.21. The van der Waals surface area contributed by atoms with Gasteiger partial charge in [0.15, 0.2) is 0 Å². The van der Waals surface area contributed by atoms with Crippen molar-refractivity contribution in [2.45, 2.75) is 19.8 Å². The van der Waals surface area contributed by atoms with Gasteiger partial charge in [-0.3, -0.25) is 0 Å². The second kappa shape index (κ2) is 7.90. The van der Waals surface area contributed by atoms with E-state index in [0.29, 0.717) is 0 Å². The molecule has 0 aromatic heterocycles. The van der Waals surface area contributed by atoms with Crippen LogP contribution in [0.1, 0.15) is 44.9 Å². The van der Waals surface area contributed by atoms with Crippen LogP contribution in [0.5, 0.6) is 0 Å². The molecule has 5 aromatic carbocycles. The van der Waals surface area contributed by atoms with Gasteiger partial charge in [0.05, 0.1) is 0 Å². The van der Waals surface area contributed by atoms with Crippen LogP contribution in [0.15, 0.2) is 115 Å². The summed E-state index contributed by atoms with van der Waals surface area (Å²) in [6.07, 6.45) is 0. The minimum Gasteiger partial charge on any atom is -0.0622 e. The van der Waals surface area contributed by atoms with Gasteiger partial charge in [0.1, 0.15) is 0 Å². The van der Waals surface area contributed by atoms with Gasteiger partial charge in [-0.25, -0.2) is 0 Å². The first-order chi connectivity index (χ1) is 16.3. The van der Waals surface area contributed by atoms with Gasteiger partial charge in [0.2, 0.25) is 0 Å². The summed E-state index contributed by atoms with van der Waals surface area (Å²) in [5.41, 5.74) is 12.3. The highest BCUT2D eigenvalue weighted by Crippen LogP contribution is 2.55. The van der Waals surface area contributed by atoms with Gasteiger partial charge in [-0.05, 0) is 74.7 Å². The molecule has 0 nitrogen and oxygen atoms in total. The summed E-state index contributed by atoms with van der Waals surface area (Å²) in [5.74, 6) is 0.196. The van der Waals surface area contributed by atoms with E-state index < -0.39 is 0 Å². The van der Waals surface area contributed by atoms with Crippen molar-refractivity contribution in [2.75, 3.05) is 0 Å². The SMILES string of the molecule is Cc1c2c(c3ccccc3c1C)C(c1ccccc1)=C(c1ccccc1)C2c1ccccc1. The summed E-state index contributed by atoms with van der Waals surface area (Å²) in [7, 11) is 0. The van der Waals surface area contributed by atoms with Crippen LogP contribution < -0.4 is 0 Å². The fourth-order valence-electron chi connectivity index (χ4n) is 5.63. The Morgan fingerprint density at radius 3 is 1.64 bits per heavy atom. The van der Waals surface area contributed by atoms with Crippen LogP contribution in [-0.4, -0.2) is 0 Å². The number of hydrogen-bond acceptors (Lipinski definition) is 0. The molecule has 0 heterocycles. The Morgan fingerprint density at radius 2 is 1.00 bits per heavy atom. The average Bonchev–Trinajstić information content (AvgIpc) is 3.25. The monoisotopic (exact) mass is 422 g/mol. The molecular formula is C33H26. The van der Waals surface area contributed by atoms with E-state index in [9.17, 15) is 0 Å². The minimum atomic E-state index is 0.196. The van der Waals surface area contributed by atoms with Crippen LogP contribution in [0.2, 0.25) is 0 Å². The van der Waals surface area contributed by atoms with Gasteiger partial charge in [-0.15, -0.1) is 0 Å². The van der Waals surface area contributed by atoms with E-state index in [1.165, 1.54) is 60.9 Å². The summed E-state index contributed by atoms with van der Waals surface area (Å²) >= 11 is 0. The lowest BCUT2D eigenvalue weighted by Crippen LogP contribution is -2.05. The highest BCUT2D eigenvalue weighted by Gasteiger charge is 2.37. The molecule has 33 heavy (non-hydrogen) atoms. The first-order valence-corrected chi connectivity index (χ1v) is 11.7. The van der Waals surface area contributed by atoms with E-state index in [2.05, 4.69) is 129 Å². The van der Waals surface area contributed by atoms with Gasteiger partial charge in [0.25, 0.3) is 0 Å². The second-order valence-corrected chi connectivity index (χ2v) is 8.95. The van der Waals surface area contributed by atoms with Gasteiger partial charge >= 0.3 is 0 Å². The molecule has 0 spiro atoms. The van der Waals surface area contributed by atoms with Crippen molar-refractivity contribution in [3.63, 3.8) is 0 Å². The van der Waals surface area contributed by atoms with Crippen LogP contribution in [-0.2, 0) is 0 Å². The van der Waals surface area contributed by atoms with E-state index in [1.807, 2.05) is 0 Å². The van der Waals surface area contributed by atoms with Gasteiger partial charge in [-0.2, -0.15) is 0 Å². The molecular weight excluding hydrogens is 396 g/mol. The third kappa shape index (κ3) is 3.06. The van der Waals surface area contributed by atoms with Crippen molar-refractivity contribution >= 4 is 21.9 Å². The molecule has 0 N–H and O–H groups in total. The highest BCUT2D eigenvalue weighted by atomic mass is 14.4. The highest BCUT2D eigenvalue weighted by molar-refractivity contribution is 6.14. The zero-order valence-corrected chi connectivity index (χ0v) is 19.0. The number of hydrogen-bond donors (Lipinski definition) is 0. The van der Waals surface area contributed by atoms with Crippen LogP contribution in [0.4, 0.5) is 0 Å². The summed E-state index contributed by atoms with van der Waals surface area (Å²) in [6.45, 7) is 4.59. The summed E-state index contributed by atoms with van der Waals surface area (Å²) in [4.78, 5) is 0. The second-order valence-electron chi connectivity index (χ2n) is 8.95. The predicted octanol–water partition coefficient (Wildman–Crippen LogP) is 8.56. The zero-order valence-electron chi connectivity index (χ0n) is 19.0. The molecule has 0 fully saturated rings. The largest absolute Gasteiger partial charge is 0.0622 e.